The molecule has 1 fully saturated rings. The molecule has 1 aliphatic heterocycles. The van der Waals surface area contributed by atoms with Gasteiger partial charge in [0, 0.05) is 0 Å². The molecule has 19 heavy (non-hydrogen) atoms. The van der Waals surface area contributed by atoms with Crippen LogP contribution in [0.25, 0.3) is 0 Å². The molecule has 0 N–H and O–H groups in total. The van der Waals surface area contributed by atoms with Gasteiger partial charge in [-0.2, -0.15) is 5.10 Å². The summed E-state index contributed by atoms with van der Waals surface area (Å²) in [5, 5.41) is 4.29. The quantitative estimate of drug-likeness (QED) is 0.842. The van der Waals surface area contributed by atoms with Crippen LogP contribution in [0.3, 0.4) is 0 Å². The van der Waals surface area contributed by atoms with Crippen LogP contribution in [0.4, 0.5) is 0 Å². The third kappa shape index (κ3) is 2.83. The molecular formula is C14H17N3O2. The summed E-state index contributed by atoms with van der Waals surface area (Å²) in [7, 11) is 0. The van der Waals surface area contributed by atoms with Crippen molar-refractivity contribution in [3.05, 3.63) is 47.5 Å². The monoisotopic (exact) mass is 259 g/mol. The zero-order valence-electron chi connectivity index (χ0n) is 11.0. The predicted molar refractivity (Wildman–Crippen MR) is 69.8 cm³/mol. The Morgan fingerprint density at radius 2 is 2.32 bits per heavy atom. The van der Waals surface area contributed by atoms with Crippen LogP contribution in [-0.4, -0.2) is 34.6 Å². The number of ether oxygens (including phenoxy) is 2. The Kier molecular flexibility index (Phi) is 3.57. The van der Waals surface area contributed by atoms with Crippen molar-refractivity contribution in [3.63, 3.8) is 0 Å². The van der Waals surface area contributed by atoms with Gasteiger partial charge in [0.05, 0.1) is 26.4 Å². The van der Waals surface area contributed by atoms with Gasteiger partial charge in [0.25, 0.3) is 0 Å². The number of hydrogen-bond acceptors (Lipinski definition) is 4. The summed E-state index contributed by atoms with van der Waals surface area (Å²) in [4.78, 5) is 4.31. The summed E-state index contributed by atoms with van der Waals surface area (Å²) in [6.45, 7) is 4.61. The van der Waals surface area contributed by atoms with Gasteiger partial charge in [0.15, 0.2) is 5.82 Å². The predicted octanol–water partition coefficient (Wildman–Crippen LogP) is 1.72. The molecule has 0 spiro atoms. The van der Waals surface area contributed by atoms with Gasteiger partial charge in [-0.05, 0) is 12.5 Å². The second-order valence-corrected chi connectivity index (χ2v) is 4.70. The van der Waals surface area contributed by atoms with Crippen LogP contribution >= 0.6 is 0 Å². The van der Waals surface area contributed by atoms with E-state index < -0.39 is 0 Å². The minimum absolute atomic E-state index is 0.110. The van der Waals surface area contributed by atoms with Gasteiger partial charge in [-0.3, -0.25) is 0 Å². The van der Waals surface area contributed by atoms with Crippen LogP contribution in [-0.2, 0) is 16.0 Å². The van der Waals surface area contributed by atoms with E-state index in [1.54, 1.807) is 6.33 Å². The fourth-order valence-corrected chi connectivity index (χ4v) is 2.26. The van der Waals surface area contributed by atoms with Crippen molar-refractivity contribution in [2.75, 3.05) is 19.8 Å². The molecule has 3 rings (SSSR count). The first-order chi connectivity index (χ1) is 9.33. The fraction of sp³-hybridized carbons (Fsp3) is 0.429. The zero-order valence-corrected chi connectivity index (χ0v) is 11.0. The first-order valence-electron chi connectivity index (χ1n) is 6.45. The topological polar surface area (TPSA) is 49.2 Å². The second-order valence-electron chi connectivity index (χ2n) is 4.70. The van der Waals surface area contributed by atoms with Gasteiger partial charge in [-0.25, -0.2) is 9.67 Å². The molecule has 0 bridgehead atoms. The largest absolute Gasteiger partial charge is 0.376 e. The van der Waals surface area contributed by atoms with Crippen molar-refractivity contribution in [2.24, 2.45) is 0 Å². The molecule has 5 nitrogen and oxygen atoms in total. The fourth-order valence-electron chi connectivity index (χ4n) is 2.26. The molecule has 2 aromatic rings. The SMILES string of the molecule is Cc1cccc(Cn2ncnc2[C@@H]2COCCO2)c1. The van der Waals surface area contributed by atoms with Crippen LogP contribution in [0.15, 0.2) is 30.6 Å². The Balaban J connectivity index is 1.80. The molecule has 0 saturated carbocycles. The van der Waals surface area contributed by atoms with E-state index in [0.29, 0.717) is 26.4 Å². The highest BCUT2D eigenvalue weighted by Crippen LogP contribution is 2.19. The highest BCUT2D eigenvalue weighted by molar-refractivity contribution is 5.22. The summed E-state index contributed by atoms with van der Waals surface area (Å²) in [6, 6.07) is 8.39. The van der Waals surface area contributed by atoms with Crippen molar-refractivity contribution < 1.29 is 9.47 Å². The van der Waals surface area contributed by atoms with Crippen LogP contribution in [0.2, 0.25) is 0 Å². The van der Waals surface area contributed by atoms with Gasteiger partial charge >= 0.3 is 0 Å². The van der Waals surface area contributed by atoms with Crippen molar-refractivity contribution >= 4 is 0 Å². The first-order valence-corrected chi connectivity index (χ1v) is 6.45. The Labute approximate surface area is 112 Å². The van der Waals surface area contributed by atoms with Crippen LogP contribution in [0.5, 0.6) is 0 Å². The van der Waals surface area contributed by atoms with E-state index >= 15 is 0 Å². The highest BCUT2D eigenvalue weighted by atomic mass is 16.6. The number of hydrogen-bond donors (Lipinski definition) is 0. The molecule has 0 radical (unpaired) electrons. The lowest BCUT2D eigenvalue weighted by atomic mass is 10.1. The van der Waals surface area contributed by atoms with Crippen molar-refractivity contribution in [3.8, 4) is 0 Å². The van der Waals surface area contributed by atoms with Gasteiger partial charge < -0.3 is 9.47 Å². The number of aryl methyl sites for hydroxylation is 1. The maximum atomic E-state index is 5.68. The van der Waals surface area contributed by atoms with E-state index in [-0.39, 0.29) is 6.10 Å². The van der Waals surface area contributed by atoms with Crippen molar-refractivity contribution in [1.82, 2.24) is 14.8 Å². The molecule has 2 heterocycles. The van der Waals surface area contributed by atoms with Gasteiger partial charge in [0.2, 0.25) is 0 Å². The van der Waals surface area contributed by atoms with Crippen molar-refractivity contribution in [2.45, 2.75) is 19.6 Å². The van der Waals surface area contributed by atoms with Gasteiger partial charge in [-0.1, -0.05) is 29.8 Å². The lowest BCUT2D eigenvalue weighted by Gasteiger charge is -2.22. The Morgan fingerprint density at radius 1 is 1.37 bits per heavy atom. The van der Waals surface area contributed by atoms with Crippen LogP contribution in [0, 0.1) is 6.92 Å². The Bertz CT molecular complexity index is 547. The van der Waals surface area contributed by atoms with Gasteiger partial charge in [-0.15, -0.1) is 0 Å². The molecular weight excluding hydrogens is 242 g/mol. The summed E-state index contributed by atoms with van der Waals surface area (Å²) < 4.78 is 13.0. The standard InChI is InChI=1S/C14H17N3O2/c1-11-3-2-4-12(7-11)8-17-14(15-10-16-17)13-9-18-5-6-19-13/h2-4,7,10,13H,5-6,8-9H2,1H3/t13-/m0/s1. The minimum atomic E-state index is -0.110. The summed E-state index contributed by atoms with van der Waals surface area (Å²) in [5.41, 5.74) is 2.46. The third-order valence-electron chi connectivity index (χ3n) is 3.16. The molecule has 1 aliphatic rings. The molecule has 0 unspecified atom stereocenters. The van der Waals surface area contributed by atoms with Crippen molar-refractivity contribution in [1.29, 1.82) is 0 Å². The highest BCUT2D eigenvalue weighted by Gasteiger charge is 2.22. The van der Waals surface area contributed by atoms with E-state index in [4.69, 9.17) is 9.47 Å². The average Bonchev–Trinajstić information content (AvgIpc) is 2.88. The molecule has 1 aromatic carbocycles. The van der Waals surface area contributed by atoms with E-state index in [9.17, 15) is 0 Å². The third-order valence-corrected chi connectivity index (χ3v) is 3.16. The molecule has 0 amide bonds. The summed E-state index contributed by atoms with van der Waals surface area (Å²) >= 11 is 0. The molecule has 5 heteroatoms. The summed E-state index contributed by atoms with van der Waals surface area (Å²) in [6.07, 6.45) is 1.46. The zero-order chi connectivity index (χ0) is 13.1. The lowest BCUT2D eigenvalue weighted by Crippen LogP contribution is -2.25. The summed E-state index contributed by atoms with van der Waals surface area (Å²) in [5.74, 6) is 0.834. The number of rotatable bonds is 3. The molecule has 0 aliphatic carbocycles. The smallest absolute Gasteiger partial charge is 0.158 e. The minimum Gasteiger partial charge on any atom is -0.376 e. The lowest BCUT2D eigenvalue weighted by molar-refractivity contribution is -0.0948. The molecule has 1 aromatic heterocycles. The van der Waals surface area contributed by atoms with E-state index in [2.05, 4.69) is 41.3 Å². The maximum Gasteiger partial charge on any atom is 0.158 e. The maximum absolute atomic E-state index is 5.68. The molecule has 1 atom stereocenters. The van der Waals surface area contributed by atoms with Gasteiger partial charge in [0.1, 0.15) is 12.4 Å². The normalized spacial score (nSPS) is 19.5. The Morgan fingerprint density at radius 3 is 3.11 bits per heavy atom. The number of nitrogens with zero attached hydrogens (tertiary/aromatic N) is 3. The number of aromatic nitrogens is 3. The van der Waals surface area contributed by atoms with E-state index in [1.165, 1.54) is 11.1 Å². The van der Waals surface area contributed by atoms with Crippen LogP contribution < -0.4 is 0 Å². The number of benzene rings is 1. The molecule has 1 saturated heterocycles. The van der Waals surface area contributed by atoms with E-state index in [0.717, 1.165) is 5.82 Å². The molecule has 100 valence electrons. The van der Waals surface area contributed by atoms with E-state index in [1.807, 2.05) is 4.68 Å². The first kappa shape index (κ1) is 12.3. The second kappa shape index (κ2) is 5.50. The average molecular weight is 259 g/mol. The van der Waals surface area contributed by atoms with Crippen LogP contribution in [0.1, 0.15) is 23.1 Å². The Hall–Kier alpha value is -1.72.